The largest absolute Gasteiger partial charge is 0.311 e. The number of aryl methyl sites for hydroxylation is 1. The number of halogens is 2. The molecule has 0 unspecified atom stereocenters. The Hall–Kier alpha value is -0.920. The van der Waals surface area contributed by atoms with Gasteiger partial charge in [0.25, 0.3) is 0 Å². The fourth-order valence-corrected chi connectivity index (χ4v) is 5.04. The number of aromatic nitrogens is 1. The van der Waals surface area contributed by atoms with Crippen LogP contribution in [0.1, 0.15) is 19.4 Å². The van der Waals surface area contributed by atoms with Gasteiger partial charge in [0.2, 0.25) is 10.0 Å². The normalized spacial score (nSPS) is 21.8. The van der Waals surface area contributed by atoms with Gasteiger partial charge in [-0.1, -0.05) is 12.1 Å². The summed E-state index contributed by atoms with van der Waals surface area (Å²) in [4.78, 5) is 4.54. The monoisotopic (exact) mass is 391 g/mol. The third-order valence-electron chi connectivity index (χ3n) is 4.23. The topological polar surface area (TPSA) is 62.3 Å². The van der Waals surface area contributed by atoms with Gasteiger partial charge in [0, 0.05) is 48.3 Å². The second-order valence-corrected chi connectivity index (χ2v) is 7.90. The van der Waals surface area contributed by atoms with Gasteiger partial charge in [-0.2, -0.15) is 4.31 Å². The quantitative estimate of drug-likeness (QED) is 0.854. The molecule has 24 heavy (non-hydrogen) atoms. The van der Waals surface area contributed by atoms with Gasteiger partial charge in [-0.05, 0) is 32.4 Å². The van der Waals surface area contributed by atoms with Crippen molar-refractivity contribution in [1.82, 2.24) is 14.6 Å². The van der Waals surface area contributed by atoms with Crippen LogP contribution in [0.4, 0.5) is 0 Å². The van der Waals surface area contributed by atoms with Crippen LogP contribution in [0.25, 0.3) is 10.8 Å². The van der Waals surface area contributed by atoms with Crippen LogP contribution in [0, 0.1) is 6.92 Å². The first-order valence-corrected chi connectivity index (χ1v) is 8.94. The number of fused-ring (bicyclic) bond motifs is 1. The lowest BCUT2D eigenvalue weighted by atomic mass is 10.1. The standard InChI is InChI=1S/C16H21N3O2S.2ClH/c1-11-7-17-9-14-5-4-6-15(16(11)14)22(20,21)19-10-12(2)18-8-13(19)3;;/h4-7,9,12-13,18H,8,10H2,1-3H3;2*1H/t12-,13+;;/m0../s1. The highest BCUT2D eigenvalue weighted by molar-refractivity contribution is 7.89. The predicted molar refractivity (Wildman–Crippen MR) is 102 cm³/mol. The number of piperazine rings is 1. The highest BCUT2D eigenvalue weighted by Crippen LogP contribution is 2.29. The van der Waals surface area contributed by atoms with E-state index >= 15 is 0 Å². The zero-order chi connectivity index (χ0) is 15.9. The molecule has 0 radical (unpaired) electrons. The van der Waals surface area contributed by atoms with Crippen molar-refractivity contribution in [2.45, 2.75) is 37.8 Å². The summed E-state index contributed by atoms with van der Waals surface area (Å²) in [6.45, 7) is 7.01. The second kappa shape index (κ2) is 7.97. The zero-order valence-electron chi connectivity index (χ0n) is 13.9. The smallest absolute Gasteiger partial charge is 0.244 e. The maximum absolute atomic E-state index is 13.2. The molecular weight excluding hydrogens is 369 g/mol. The Morgan fingerprint density at radius 1 is 1.21 bits per heavy atom. The summed E-state index contributed by atoms with van der Waals surface area (Å²) < 4.78 is 28.0. The summed E-state index contributed by atoms with van der Waals surface area (Å²) in [5.41, 5.74) is 0.882. The molecule has 0 spiro atoms. The van der Waals surface area contributed by atoms with Crippen molar-refractivity contribution >= 4 is 45.6 Å². The van der Waals surface area contributed by atoms with E-state index in [0.29, 0.717) is 18.0 Å². The average Bonchev–Trinajstić information content (AvgIpc) is 2.49. The van der Waals surface area contributed by atoms with Crippen LogP contribution in [0.15, 0.2) is 35.5 Å². The van der Waals surface area contributed by atoms with Crippen LogP contribution < -0.4 is 5.32 Å². The van der Waals surface area contributed by atoms with Crippen LogP contribution in [0.3, 0.4) is 0 Å². The molecule has 3 rings (SSSR count). The summed E-state index contributed by atoms with van der Waals surface area (Å²) in [6.07, 6.45) is 3.43. The molecule has 2 aromatic rings. The van der Waals surface area contributed by atoms with Gasteiger partial charge in [-0.3, -0.25) is 4.98 Å². The summed E-state index contributed by atoms with van der Waals surface area (Å²) >= 11 is 0. The molecule has 2 heterocycles. The maximum atomic E-state index is 13.2. The van der Waals surface area contributed by atoms with Gasteiger partial charge < -0.3 is 5.32 Å². The first kappa shape index (κ1) is 21.1. The van der Waals surface area contributed by atoms with Crippen molar-refractivity contribution in [3.63, 3.8) is 0 Å². The molecule has 0 saturated carbocycles. The second-order valence-electron chi connectivity index (χ2n) is 6.04. The Morgan fingerprint density at radius 3 is 2.62 bits per heavy atom. The fourth-order valence-electron chi connectivity index (χ4n) is 3.04. The van der Waals surface area contributed by atoms with Crippen molar-refractivity contribution in [2.24, 2.45) is 0 Å². The number of nitrogens with one attached hydrogen (secondary N) is 1. The molecule has 1 aliphatic rings. The van der Waals surface area contributed by atoms with Gasteiger partial charge in [0.05, 0.1) is 4.90 Å². The first-order valence-electron chi connectivity index (χ1n) is 7.50. The molecule has 1 N–H and O–H groups in total. The Bertz CT molecular complexity index is 809. The Balaban J connectivity index is 0.00000144. The number of nitrogens with zero attached hydrogens (tertiary/aromatic N) is 2. The van der Waals surface area contributed by atoms with Crippen molar-refractivity contribution in [3.05, 3.63) is 36.2 Å². The molecule has 5 nitrogen and oxygen atoms in total. The molecule has 1 aromatic carbocycles. The third kappa shape index (κ3) is 3.68. The lowest BCUT2D eigenvalue weighted by molar-refractivity contribution is 0.245. The van der Waals surface area contributed by atoms with Crippen LogP contribution in [0.5, 0.6) is 0 Å². The minimum Gasteiger partial charge on any atom is -0.311 e. The van der Waals surface area contributed by atoms with Gasteiger partial charge >= 0.3 is 0 Å². The molecule has 0 bridgehead atoms. The van der Waals surface area contributed by atoms with E-state index in [1.54, 1.807) is 28.8 Å². The van der Waals surface area contributed by atoms with Gasteiger partial charge in [0.15, 0.2) is 0 Å². The predicted octanol–water partition coefficient (Wildman–Crippen LogP) is 2.76. The van der Waals surface area contributed by atoms with Crippen molar-refractivity contribution in [3.8, 4) is 0 Å². The first-order chi connectivity index (χ1) is 10.4. The molecule has 2 atom stereocenters. The summed E-state index contributed by atoms with van der Waals surface area (Å²) in [5, 5.41) is 4.95. The van der Waals surface area contributed by atoms with E-state index in [2.05, 4.69) is 10.3 Å². The van der Waals surface area contributed by atoms with E-state index in [0.717, 1.165) is 16.3 Å². The maximum Gasteiger partial charge on any atom is 0.244 e. The number of rotatable bonds is 2. The molecule has 0 aliphatic carbocycles. The number of hydrogen-bond acceptors (Lipinski definition) is 4. The Labute approximate surface area is 155 Å². The molecule has 134 valence electrons. The number of pyridine rings is 1. The van der Waals surface area contributed by atoms with Gasteiger partial charge in [-0.15, -0.1) is 24.8 Å². The van der Waals surface area contributed by atoms with Crippen LogP contribution in [-0.2, 0) is 10.0 Å². The van der Waals surface area contributed by atoms with Crippen LogP contribution >= 0.6 is 24.8 Å². The number of hydrogen-bond donors (Lipinski definition) is 1. The number of sulfonamides is 1. The number of benzene rings is 1. The van der Waals surface area contributed by atoms with E-state index in [1.807, 2.05) is 26.8 Å². The van der Waals surface area contributed by atoms with E-state index in [-0.39, 0.29) is 36.9 Å². The fraction of sp³-hybridized carbons (Fsp3) is 0.438. The highest BCUT2D eigenvalue weighted by atomic mass is 35.5. The molecule has 0 amide bonds. The zero-order valence-corrected chi connectivity index (χ0v) is 16.3. The SMILES string of the molecule is Cc1cncc2cccc(S(=O)(=O)N3C[C@H](C)NC[C@H]3C)c12.Cl.Cl. The highest BCUT2D eigenvalue weighted by Gasteiger charge is 2.34. The average molecular weight is 392 g/mol. The molecular formula is C16H23Cl2N3O2S. The van der Waals surface area contributed by atoms with E-state index in [1.165, 1.54) is 0 Å². The summed E-state index contributed by atoms with van der Waals surface area (Å²) in [5.74, 6) is 0. The molecule has 1 saturated heterocycles. The van der Waals surface area contributed by atoms with Crippen molar-refractivity contribution in [2.75, 3.05) is 13.1 Å². The Morgan fingerprint density at radius 2 is 1.92 bits per heavy atom. The van der Waals surface area contributed by atoms with E-state index in [4.69, 9.17) is 0 Å². The van der Waals surface area contributed by atoms with Crippen LogP contribution in [0.2, 0.25) is 0 Å². The lowest BCUT2D eigenvalue weighted by Crippen LogP contribution is -2.56. The summed E-state index contributed by atoms with van der Waals surface area (Å²) in [7, 11) is -3.53. The molecule has 1 fully saturated rings. The minimum atomic E-state index is -3.53. The summed E-state index contributed by atoms with van der Waals surface area (Å²) in [6, 6.07) is 5.48. The third-order valence-corrected chi connectivity index (χ3v) is 6.25. The van der Waals surface area contributed by atoms with Crippen LogP contribution in [-0.4, -0.2) is 42.9 Å². The lowest BCUT2D eigenvalue weighted by Gasteiger charge is -2.36. The van der Waals surface area contributed by atoms with Crippen molar-refractivity contribution in [1.29, 1.82) is 0 Å². The molecule has 1 aromatic heterocycles. The van der Waals surface area contributed by atoms with Crippen molar-refractivity contribution < 1.29 is 8.42 Å². The minimum absolute atomic E-state index is 0. The van der Waals surface area contributed by atoms with E-state index < -0.39 is 10.0 Å². The molecule has 1 aliphatic heterocycles. The molecule has 8 heteroatoms. The van der Waals surface area contributed by atoms with E-state index in [9.17, 15) is 8.42 Å². The Kier molecular flexibility index (Phi) is 7.02. The van der Waals surface area contributed by atoms with Gasteiger partial charge in [-0.25, -0.2) is 8.42 Å². The van der Waals surface area contributed by atoms with Gasteiger partial charge in [0.1, 0.15) is 0 Å².